The number of ether oxygens (including phenoxy) is 2. The van der Waals surface area contributed by atoms with Crippen LogP contribution in [0.1, 0.15) is 56.0 Å². The number of imidazole rings is 1. The summed E-state index contributed by atoms with van der Waals surface area (Å²) in [6.45, 7) is 5.82. The van der Waals surface area contributed by atoms with Crippen molar-refractivity contribution < 1.29 is 37.0 Å². The van der Waals surface area contributed by atoms with Crippen molar-refractivity contribution in [3.63, 3.8) is 0 Å². The van der Waals surface area contributed by atoms with Gasteiger partial charge in [0, 0.05) is 11.1 Å². The van der Waals surface area contributed by atoms with Gasteiger partial charge >= 0.3 is 18.1 Å². The number of hydrogen-bond donors (Lipinski definition) is 1. The summed E-state index contributed by atoms with van der Waals surface area (Å²) in [5.74, 6) is -1.01. The average molecular weight is 784 g/mol. The van der Waals surface area contributed by atoms with Crippen LogP contribution >= 0.6 is 39.1 Å². The zero-order valence-electron chi connectivity index (χ0n) is 26.1. The van der Waals surface area contributed by atoms with Crippen LogP contribution in [0.5, 0.6) is 0 Å². The highest BCUT2D eigenvalue weighted by molar-refractivity contribution is 9.09. The second-order valence-electron chi connectivity index (χ2n) is 9.68. The molecule has 0 aliphatic heterocycles. The average Bonchev–Trinajstić information content (AvgIpc) is 3.50. The van der Waals surface area contributed by atoms with Crippen LogP contribution in [0.15, 0.2) is 66.9 Å². The molecule has 5 aromatic rings. The molecule has 0 fully saturated rings. The van der Waals surface area contributed by atoms with E-state index in [0.29, 0.717) is 16.6 Å². The van der Waals surface area contributed by atoms with E-state index >= 15 is 0 Å². The number of anilines is 1. The maximum Gasteiger partial charge on any atom is 0.416 e. The van der Waals surface area contributed by atoms with Gasteiger partial charge in [0.15, 0.2) is 27.6 Å². The number of nitrogens with two attached hydrogens (primary N) is 1. The number of aromatic nitrogens is 5. The van der Waals surface area contributed by atoms with Gasteiger partial charge in [-0.2, -0.15) is 18.3 Å². The molecule has 3 aromatic heterocycles. The molecule has 2 N–H and O–H groups in total. The van der Waals surface area contributed by atoms with Crippen LogP contribution in [0.3, 0.4) is 0 Å². The van der Waals surface area contributed by atoms with Gasteiger partial charge in [0.2, 0.25) is 0 Å². The highest BCUT2D eigenvalue weighted by Gasteiger charge is 2.30. The van der Waals surface area contributed by atoms with Crippen molar-refractivity contribution in [2.24, 2.45) is 0 Å². The van der Waals surface area contributed by atoms with E-state index in [1.807, 2.05) is 31.2 Å². The van der Waals surface area contributed by atoms with Gasteiger partial charge in [-0.05, 0) is 45.0 Å². The molecule has 0 saturated carbocycles. The first-order valence-electron chi connectivity index (χ1n) is 14.2. The smallest absolute Gasteiger partial charge is 0.416 e. The van der Waals surface area contributed by atoms with E-state index < -0.39 is 23.7 Å². The van der Waals surface area contributed by atoms with Gasteiger partial charge in [-0.25, -0.2) is 19.1 Å². The van der Waals surface area contributed by atoms with E-state index in [4.69, 9.17) is 38.4 Å². The number of ketones is 1. The number of benzene rings is 2. The number of alkyl halides is 4. The number of esters is 2. The Morgan fingerprint density at radius 3 is 2.00 bits per heavy atom. The van der Waals surface area contributed by atoms with Crippen molar-refractivity contribution in [2.45, 2.75) is 26.9 Å². The third-order valence-electron chi connectivity index (χ3n) is 6.18. The molecular formula is C32H28BrCl2F3N6O5. The van der Waals surface area contributed by atoms with Crippen molar-refractivity contribution >= 4 is 68.3 Å². The van der Waals surface area contributed by atoms with Gasteiger partial charge in [-0.3, -0.25) is 4.79 Å². The molecular weight excluding hydrogens is 756 g/mol. The number of halogens is 6. The SMILES string of the molecule is CCOC(=O)c1cc(Cl)nn2cc(-c3ccc(C(F)(F)F)cc3)nc12.CCOC(=O)c1cc(Cl)nnc1N.Cc1ccc(C(=O)CBr)cc1. The van der Waals surface area contributed by atoms with Gasteiger partial charge < -0.3 is 15.2 Å². The summed E-state index contributed by atoms with van der Waals surface area (Å²) in [6, 6.07) is 14.8. The summed E-state index contributed by atoms with van der Waals surface area (Å²) >= 11 is 14.5. The highest BCUT2D eigenvalue weighted by atomic mass is 79.9. The molecule has 0 saturated heterocycles. The lowest BCUT2D eigenvalue weighted by molar-refractivity contribution is -0.137. The Morgan fingerprint density at radius 1 is 0.878 bits per heavy atom. The van der Waals surface area contributed by atoms with E-state index in [0.717, 1.165) is 17.7 Å². The van der Waals surface area contributed by atoms with Gasteiger partial charge in [0.25, 0.3) is 0 Å². The van der Waals surface area contributed by atoms with Crippen molar-refractivity contribution in [1.29, 1.82) is 0 Å². The zero-order chi connectivity index (χ0) is 36.3. The lowest BCUT2D eigenvalue weighted by atomic mass is 10.1. The fourth-order valence-electron chi connectivity index (χ4n) is 3.84. The summed E-state index contributed by atoms with van der Waals surface area (Å²) < 4.78 is 48.9. The van der Waals surface area contributed by atoms with E-state index in [2.05, 4.69) is 36.2 Å². The van der Waals surface area contributed by atoms with Crippen LogP contribution < -0.4 is 5.73 Å². The molecule has 0 bridgehead atoms. The maximum atomic E-state index is 12.7. The number of carbonyl (C=O) groups excluding carboxylic acids is 3. The molecule has 0 radical (unpaired) electrons. The van der Waals surface area contributed by atoms with E-state index in [1.165, 1.54) is 40.5 Å². The van der Waals surface area contributed by atoms with E-state index in [-0.39, 0.29) is 51.9 Å². The third-order valence-corrected chi connectivity index (χ3v) is 7.06. The number of carbonyl (C=O) groups is 3. The van der Waals surface area contributed by atoms with Crippen LogP contribution in [-0.2, 0) is 15.7 Å². The summed E-state index contributed by atoms with van der Waals surface area (Å²) in [5, 5.41) is 11.5. The van der Waals surface area contributed by atoms with Crippen LogP contribution in [-0.4, -0.2) is 61.1 Å². The topological polar surface area (TPSA) is 152 Å². The lowest BCUT2D eigenvalue weighted by Crippen LogP contribution is -2.10. The minimum absolute atomic E-state index is 0.0165. The number of nitrogen functional groups attached to an aromatic ring is 1. The third kappa shape index (κ3) is 11.0. The maximum absolute atomic E-state index is 12.7. The van der Waals surface area contributed by atoms with Crippen molar-refractivity contribution in [3.8, 4) is 11.3 Å². The molecule has 0 unspecified atom stereocenters. The van der Waals surface area contributed by atoms with Crippen LogP contribution in [0.2, 0.25) is 10.3 Å². The van der Waals surface area contributed by atoms with Gasteiger partial charge in [-0.1, -0.05) is 81.1 Å². The standard InChI is InChI=1S/C16H11ClF3N3O2.C9H9BrO.C7H8ClN3O2/c1-2-25-15(24)11-7-13(17)22-23-8-12(21-14(11)23)9-3-5-10(6-4-9)16(18,19)20;1-7-2-4-8(5-3-7)9(11)6-10;1-2-13-7(12)4-3-5(8)10-11-6(4)9/h3-8H,2H2,1H3;2-5H,6H2,1H3;3H,2H2,1H3,(H2,9,11). The number of aryl methyl sites for hydroxylation is 1. The second kappa shape index (κ2) is 17.7. The van der Waals surface area contributed by atoms with Crippen molar-refractivity contribution in [1.82, 2.24) is 24.8 Å². The Bertz CT molecular complexity index is 1920. The number of fused-ring (bicyclic) bond motifs is 1. The first-order chi connectivity index (χ1) is 23.2. The summed E-state index contributed by atoms with van der Waals surface area (Å²) in [4.78, 5) is 38.6. The first kappa shape index (κ1) is 38.8. The molecule has 0 aliphatic rings. The van der Waals surface area contributed by atoms with Crippen LogP contribution in [0.4, 0.5) is 19.0 Å². The molecule has 17 heteroatoms. The zero-order valence-corrected chi connectivity index (χ0v) is 29.2. The molecule has 5 rings (SSSR count). The molecule has 0 aliphatic carbocycles. The summed E-state index contributed by atoms with van der Waals surface area (Å²) in [6.07, 6.45) is -2.93. The molecule has 0 amide bonds. The predicted octanol–water partition coefficient (Wildman–Crippen LogP) is 7.71. The summed E-state index contributed by atoms with van der Waals surface area (Å²) in [5.41, 5.74) is 7.86. The monoisotopic (exact) mass is 782 g/mol. The largest absolute Gasteiger partial charge is 0.462 e. The molecule has 0 atom stereocenters. The van der Waals surface area contributed by atoms with Crippen molar-refractivity contribution in [2.75, 3.05) is 24.3 Å². The Morgan fingerprint density at radius 2 is 1.45 bits per heavy atom. The molecule has 49 heavy (non-hydrogen) atoms. The molecule has 2 aromatic carbocycles. The Balaban J connectivity index is 0.000000226. The van der Waals surface area contributed by atoms with Gasteiger partial charge in [-0.15, -0.1) is 10.2 Å². The molecule has 3 heterocycles. The molecule has 258 valence electrons. The second-order valence-corrected chi connectivity index (χ2v) is 11.0. The first-order valence-corrected chi connectivity index (χ1v) is 16.1. The van der Waals surface area contributed by atoms with Crippen molar-refractivity contribution in [3.05, 3.63) is 105 Å². The Kier molecular flexibility index (Phi) is 14.0. The molecule has 0 spiro atoms. The number of nitrogens with zero attached hydrogens (tertiary/aromatic N) is 5. The minimum Gasteiger partial charge on any atom is -0.462 e. The van der Waals surface area contributed by atoms with Crippen LogP contribution in [0.25, 0.3) is 16.9 Å². The fraction of sp³-hybridized carbons (Fsp3) is 0.219. The fourth-order valence-corrected chi connectivity index (χ4v) is 4.50. The minimum atomic E-state index is -4.41. The summed E-state index contributed by atoms with van der Waals surface area (Å²) in [7, 11) is 0. The van der Waals surface area contributed by atoms with E-state index in [1.54, 1.807) is 13.8 Å². The number of hydrogen-bond acceptors (Lipinski definition) is 10. The predicted molar refractivity (Wildman–Crippen MR) is 181 cm³/mol. The quantitative estimate of drug-likeness (QED) is 0.0988. The highest BCUT2D eigenvalue weighted by Crippen LogP contribution is 2.31. The van der Waals surface area contributed by atoms with Crippen LogP contribution in [0, 0.1) is 6.92 Å². The normalized spacial score (nSPS) is 10.7. The van der Waals surface area contributed by atoms with E-state index in [9.17, 15) is 27.6 Å². The number of rotatable bonds is 7. The lowest BCUT2D eigenvalue weighted by Gasteiger charge is -2.06. The Hall–Kier alpha value is -4.60. The Labute approximate surface area is 296 Å². The number of Topliss-reactive ketones (excluding diaryl/α,β-unsaturated/α-hetero) is 1. The van der Waals surface area contributed by atoms with Gasteiger partial charge in [0.1, 0.15) is 11.1 Å². The molecule has 11 nitrogen and oxygen atoms in total. The van der Waals surface area contributed by atoms with Gasteiger partial charge in [0.05, 0.1) is 36.0 Å².